The first kappa shape index (κ1) is 25.6. The molecule has 0 aliphatic heterocycles. The highest BCUT2D eigenvalue weighted by molar-refractivity contribution is 7.89. The van der Waals surface area contributed by atoms with Gasteiger partial charge in [0.15, 0.2) is 5.78 Å². The summed E-state index contributed by atoms with van der Waals surface area (Å²) in [4.78, 5) is 13.5. The van der Waals surface area contributed by atoms with Crippen LogP contribution in [0.4, 0.5) is 0 Å². The first-order valence-electron chi connectivity index (χ1n) is 11.5. The molecular weight excluding hydrogens is 490 g/mol. The number of carbonyl (C=O) groups is 1. The van der Waals surface area contributed by atoms with Gasteiger partial charge in [0.25, 0.3) is 0 Å². The highest BCUT2D eigenvalue weighted by Gasteiger charge is 2.26. The number of hydrogen-bond donors (Lipinski definition) is 0. The van der Waals surface area contributed by atoms with E-state index >= 15 is 0 Å². The SMILES string of the molecule is Cc1ccc(S(=O)(=O)N(CC(=O)C=C(c2ccccc2)c2ccccc2)Cc2ccc(Cl)cc2)cc1. The molecule has 0 aliphatic carbocycles. The van der Waals surface area contributed by atoms with Gasteiger partial charge in [0, 0.05) is 11.6 Å². The van der Waals surface area contributed by atoms with Crippen molar-refractivity contribution in [3.8, 4) is 0 Å². The van der Waals surface area contributed by atoms with Gasteiger partial charge in [0.1, 0.15) is 0 Å². The van der Waals surface area contributed by atoms with E-state index in [2.05, 4.69) is 0 Å². The molecule has 0 aromatic heterocycles. The van der Waals surface area contributed by atoms with E-state index in [1.165, 1.54) is 10.4 Å². The van der Waals surface area contributed by atoms with Crippen molar-refractivity contribution in [3.05, 3.63) is 143 Å². The molecule has 0 aliphatic rings. The lowest BCUT2D eigenvalue weighted by molar-refractivity contribution is -0.114. The molecule has 0 radical (unpaired) electrons. The number of rotatable bonds is 9. The Morgan fingerprint density at radius 2 is 1.31 bits per heavy atom. The minimum atomic E-state index is -3.94. The van der Waals surface area contributed by atoms with Crippen LogP contribution in [0.2, 0.25) is 5.02 Å². The zero-order chi connectivity index (χ0) is 25.5. The molecule has 0 fully saturated rings. The van der Waals surface area contributed by atoms with Crippen molar-refractivity contribution >= 4 is 33.0 Å². The van der Waals surface area contributed by atoms with Gasteiger partial charge in [-0.25, -0.2) is 8.42 Å². The number of halogens is 1. The molecular formula is C30H26ClNO3S. The van der Waals surface area contributed by atoms with Crippen LogP contribution < -0.4 is 0 Å². The van der Waals surface area contributed by atoms with Gasteiger partial charge in [-0.3, -0.25) is 4.79 Å². The van der Waals surface area contributed by atoms with Crippen LogP contribution in [0.3, 0.4) is 0 Å². The average molecular weight is 516 g/mol. The van der Waals surface area contributed by atoms with Crippen LogP contribution in [0.25, 0.3) is 5.57 Å². The fourth-order valence-corrected chi connectivity index (χ4v) is 5.35. The van der Waals surface area contributed by atoms with Gasteiger partial charge < -0.3 is 0 Å². The van der Waals surface area contributed by atoms with E-state index < -0.39 is 10.0 Å². The second kappa shape index (κ2) is 11.5. The highest BCUT2D eigenvalue weighted by atomic mass is 35.5. The zero-order valence-corrected chi connectivity index (χ0v) is 21.4. The Balaban J connectivity index is 1.70. The first-order chi connectivity index (χ1) is 17.3. The van der Waals surface area contributed by atoms with Crippen LogP contribution in [0.15, 0.2) is 120 Å². The van der Waals surface area contributed by atoms with Crippen molar-refractivity contribution in [2.45, 2.75) is 18.4 Å². The number of sulfonamides is 1. The van der Waals surface area contributed by atoms with Crippen molar-refractivity contribution in [2.24, 2.45) is 0 Å². The van der Waals surface area contributed by atoms with Crippen molar-refractivity contribution in [3.63, 3.8) is 0 Å². The van der Waals surface area contributed by atoms with Gasteiger partial charge >= 0.3 is 0 Å². The fourth-order valence-electron chi connectivity index (χ4n) is 3.83. The number of aryl methyl sites for hydroxylation is 1. The Bertz CT molecular complexity index is 1410. The third-order valence-corrected chi connectivity index (χ3v) is 7.80. The number of nitrogens with zero attached hydrogens (tertiary/aromatic N) is 1. The summed E-state index contributed by atoms with van der Waals surface area (Å²) in [7, 11) is -3.94. The summed E-state index contributed by atoms with van der Waals surface area (Å²) in [5, 5.41) is 0.557. The number of benzene rings is 4. The van der Waals surface area contributed by atoms with Crippen LogP contribution in [-0.2, 0) is 21.4 Å². The molecule has 0 saturated carbocycles. The average Bonchev–Trinajstić information content (AvgIpc) is 2.89. The van der Waals surface area contributed by atoms with E-state index in [1.54, 1.807) is 48.5 Å². The highest BCUT2D eigenvalue weighted by Crippen LogP contribution is 2.24. The predicted octanol–water partition coefficient (Wildman–Crippen LogP) is 6.54. The molecule has 0 N–H and O–H groups in total. The maximum atomic E-state index is 13.6. The Labute approximate surface area is 217 Å². The van der Waals surface area contributed by atoms with Crippen LogP contribution in [0.5, 0.6) is 0 Å². The summed E-state index contributed by atoms with van der Waals surface area (Å²) < 4.78 is 28.4. The lowest BCUT2D eigenvalue weighted by Gasteiger charge is -2.22. The molecule has 0 atom stereocenters. The second-order valence-electron chi connectivity index (χ2n) is 8.47. The molecule has 36 heavy (non-hydrogen) atoms. The molecule has 0 unspecified atom stereocenters. The molecule has 4 aromatic carbocycles. The molecule has 4 rings (SSSR count). The Hall–Kier alpha value is -3.51. The molecule has 0 heterocycles. The molecule has 6 heteroatoms. The molecule has 0 saturated heterocycles. The van der Waals surface area contributed by atoms with E-state index in [9.17, 15) is 13.2 Å². The van der Waals surface area contributed by atoms with E-state index in [4.69, 9.17) is 11.6 Å². The largest absolute Gasteiger partial charge is 0.293 e. The predicted molar refractivity (Wildman–Crippen MR) is 145 cm³/mol. The molecule has 0 bridgehead atoms. The lowest BCUT2D eigenvalue weighted by atomic mass is 9.97. The molecule has 182 valence electrons. The van der Waals surface area contributed by atoms with Crippen LogP contribution in [-0.4, -0.2) is 25.1 Å². The number of hydrogen-bond acceptors (Lipinski definition) is 3. The van der Waals surface area contributed by atoms with Gasteiger partial charge in [-0.15, -0.1) is 0 Å². The van der Waals surface area contributed by atoms with Crippen LogP contribution >= 0.6 is 11.6 Å². The summed E-state index contributed by atoms with van der Waals surface area (Å²) in [6.45, 7) is 1.63. The normalized spacial score (nSPS) is 11.3. The van der Waals surface area contributed by atoms with Crippen molar-refractivity contribution in [2.75, 3.05) is 6.54 Å². The summed E-state index contributed by atoms with van der Waals surface area (Å²) in [5.74, 6) is -0.317. The molecule has 0 spiro atoms. The summed E-state index contributed by atoms with van der Waals surface area (Å²) in [6, 6.07) is 32.8. The number of carbonyl (C=O) groups excluding carboxylic acids is 1. The maximum absolute atomic E-state index is 13.6. The summed E-state index contributed by atoms with van der Waals surface area (Å²) >= 11 is 6.01. The van der Waals surface area contributed by atoms with E-state index in [1.807, 2.05) is 67.6 Å². The van der Waals surface area contributed by atoms with Gasteiger partial charge in [-0.05, 0) is 59.5 Å². The zero-order valence-electron chi connectivity index (χ0n) is 19.8. The van der Waals surface area contributed by atoms with Gasteiger partial charge in [-0.1, -0.05) is 102 Å². The third-order valence-electron chi connectivity index (χ3n) is 5.74. The van der Waals surface area contributed by atoms with Crippen LogP contribution in [0, 0.1) is 6.92 Å². The van der Waals surface area contributed by atoms with Gasteiger partial charge in [-0.2, -0.15) is 4.31 Å². The quantitative estimate of drug-likeness (QED) is 0.238. The molecule has 4 aromatic rings. The smallest absolute Gasteiger partial charge is 0.243 e. The van der Waals surface area contributed by atoms with Crippen molar-refractivity contribution in [1.82, 2.24) is 4.31 Å². The molecule has 0 amide bonds. The summed E-state index contributed by atoms with van der Waals surface area (Å²) in [6.07, 6.45) is 1.53. The lowest BCUT2D eigenvalue weighted by Crippen LogP contribution is -2.35. The maximum Gasteiger partial charge on any atom is 0.243 e. The first-order valence-corrected chi connectivity index (χ1v) is 13.3. The Kier molecular flexibility index (Phi) is 8.16. The molecule has 4 nitrogen and oxygen atoms in total. The second-order valence-corrected chi connectivity index (χ2v) is 10.8. The Morgan fingerprint density at radius 3 is 1.83 bits per heavy atom. The third kappa shape index (κ3) is 6.38. The summed E-state index contributed by atoms with van der Waals surface area (Å²) in [5.41, 5.74) is 4.18. The van der Waals surface area contributed by atoms with E-state index in [0.717, 1.165) is 27.8 Å². The standard InChI is InChI=1S/C30H26ClNO3S/c1-23-12-18-29(19-13-23)36(34,35)32(21-24-14-16-27(31)17-15-24)22-28(33)20-30(25-8-4-2-5-9-25)26-10-6-3-7-11-26/h2-20H,21-22H2,1H3. The minimum Gasteiger partial charge on any atom is -0.293 e. The van der Waals surface area contributed by atoms with E-state index in [0.29, 0.717) is 5.02 Å². The fraction of sp³-hybridized carbons (Fsp3) is 0.100. The van der Waals surface area contributed by atoms with Gasteiger partial charge in [0.2, 0.25) is 10.0 Å². The number of ketones is 1. The van der Waals surface area contributed by atoms with Crippen molar-refractivity contribution in [1.29, 1.82) is 0 Å². The topological polar surface area (TPSA) is 54.5 Å². The van der Waals surface area contributed by atoms with E-state index in [-0.39, 0.29) is 23.8 Å². The minimum absolute atomic E-state index is 0.0406. The Morgan fingerprint density at radius 1 is 0.778 bits per heavy atom. The van der Waals surface area contributed by atoms with Crippen LogP contribution in [0.1, 0.15) is 22.3 Å². The van der Waals surface area contributed by atoms with Gasteiger partial charge in [0.05, 0.1) is 11.4 Å². The van der Waals surface area contributed by atoms with Crippen molar-refractivity contribution < 1.29 is 13.2 Å². The monoisotopic (exact) mass is 515 g/mol.